The number of hydrogen-bond acceptors (Lipinski definition) is 3. The molecule has 1 N–H and O–H groups in total. The number of carboxylic acids is 1. The van der Waals surface area contributed by atoms with Crippen LogP contribution < -0.4 is 4.90 Å². The van der Waals surface area contributed by atoms with Crippen molar-refractivity contribution in [2.75, 3.05) is 18.0 Å². The summed E-state index contributed by atoms with van der Waals surface area (Å²) in [6, 6.07) is 0. The summed E-state index contributed by atoms with van der Waals surface area (Å²) in [5.41, 5.74) is 1.80. The summed E-state index contributed by atoms with van der Waals surface area (Å²) < 4.78 is 1.86. The zero-order valence-corrected chi connectivity index (χ0v) is 11.6. The van der Waals surface area contributed by atoms with Crippen LogP contribution in [0.4, 0.5) is 5.82 Å². The molecule has 0 amide bonds. The molecule has 0 radical (unpaired) electrons. The zero-order chi connectivity index (χ0) is 13.8. The Bertz CT molecular complexity index is 483. The molecule has 0 atom stereocenters. The molecule has 0 spiro atoms. The van der Waals surface area contributed by atoms with E-state index in [1.165, 1.54) is 31.8 Å². The summed E-state index contributed by atoms with van der Waals surface area (Å²) in [6.45, 7) is 3.96. The molecule has 0 aliphatic carbocycles. The molecule has 1 aliphatic heterocycles. The largest absolute Gasteiger partial charge is 0.478 e. The molecule has 2 heterocycles. The van der Waals surface area contributed by atoms with E-state index in [0.29, 0.717) is 0 Å². The summed E-state index contributed by atoms with van der Waals surface area (Å²) in [7, 11) is 1.92. The topological polar surface area (TPSA) is 58.4 Å². The molecule has 19 heavy (non-hydrogen) atoms. The number of hydrogen-bond donors (Lipinski definition) is 1. The average molecular weight is 263 g/mol. The summed E-state index contributed by atoms with van der Waals surface area (Å²) >= 11 is 0. The lowest BCUT2D eigenvalue weighted by atomic mass is 10.2. The number of rotatable bonds is 3. The molecular formula is C14H21N3O2. The maximum atomic E-state index is 10.7. The van der Waals surface area contributed by atoms with E-state index in [1.807, 2.05) is 18.7 Å². The van der Waals surface area contributed by atoms with E-state index < -0.39 is 5.97 Å². The highest BCUT2D eigenvalue weighted by atomic mass is 16.4. The van der Waals surface area contributed by atoms with Crippen molar-refractivity contribution in [2.45, 2.75) is 32.6 Å². The molecule has 1 aromatic heterocycles. The first-order valence-electron chi connectivity index (χ1n) is 6.79. The van der Waals surface area contributed by atoms with E-state index in [4.69, 9.17) is 5.11 Å². The SMILES string of the molecule is Cc1nn(C)c(N2CCCCCC2)c1/C=C/C(=O)O. The number of carboxylic acid groups (broad SMARTS) is 1. The van der Waals surface area contributed by atoms with Gasteiger partial charge in [0.25, 0.3) is 0 Å². The van der Waals surface area contributed by atoms with Gasteiger partial charge in [-0.3, -0.25) is 4.68 Å². The van der Waals surface area contributed by atoms with Crippen LogP contribution in [0.2, 0.25) is 0 Å². The van der Waals surface area contributed by atoms with Crippen LogP contribution in [0.3, 0.4) is 0 Å². The second-order valence-corrected chi connectivity index (χ2v) is 5.02. The third-order valence-corrected chi connectivity index (χ3v) is 3.54. The maximum absolute atomic E-state index is 10.7. The van der Waals surface area contributed by atoms with Gasteiger partial charge >= 0.3 is 5.97 Å². The second kappa shape index (κ2) is 5.91. The number of aromatic nitrogens is 2. The Kier molecular flexibility index (Phi) is 4.24. The third-order valence-electron chi connectivity index (χ3n) is 3.54. The van der Waals surface area contributed by atoms with Gasteiger partial charge in [-0.2, -0.15) is 5.10 Å². The van der Waals surface area contributed by atoms with Crippen LogP contribution in [-0.2, 0) is 11.8 Å². The molecule has 1 aliphatic rings. The number of aryl methyl sites for hydroxylation is 2. The number of anilines is 1. The van der Waals surface area contributed by atoms with Crippen LogP contribution in [0, 0.1) is 6.92 Å². The van der Waals surface area contributed by atoms with Crippen molar-refractivity contribution in [1.82, 2.24) is 9.78 Å². The smallest absolute Gasteiger partial charge is 0.328 e. The highest BCUT2D eigenvalue weighted by molar-refractivity contribution is 5.87. The highest BCUT2D eigenvalue weighted by Gasteiger charge is 2.19. The molecule has 5 nitrogen and oxygen atoms in total. The molecule has 1 saturated heterocycles. The van der Waals surface area contributed by atoms with Crippen LogP contribution in [0.25, 0.3) is 6.08 Å². The van der Waals surface area contributed by atoms with Gasteiger partial charge in [-0.15, -0.1) is 0 Å². The van der Waals surface area contributed by atoms with Crippen molar-refractivity contribution in [2.24, 2.45) is 7.05 Å². The second-order valence-electron chi connectivity index (χ2n) is 5.02. The molecule has 1 fully saturated rings. The fraction of sp³-hybridized carbons (Fsp3) is 0.571. The monoisotopic (exact) mass is 263 g/mol. The standard InChI is InChI=1S/C14H21N3O2/c1-11-12(7-8-13(18)19)14(16(2)15-11)17-9-5-3-4-6-10-17/h7-8H,3-6,9-10H2,1-2H3,(H,18,19)/b8-7+. The summed E-state index contributed by atoms with van der Waals surface area (Å²) in [5.74, 6) is 0.113. The predicted octanol–water partition coefficient (Wildman–Crippen LogP) is 2.21. The Morgan fingerprint density at radius 3 is 2.47 bits per heavy atom. The Balaban J connectivity index is 2.34. The van der Waals surface area contributed by atoms with Gasteiger partial charge in [0.2, 0.25) is 0 Å². The molecular weight excluding hydrogens is 242 g/mol. The van der Waals surface area contributed by atoms with Gasteiger partial charge in [0.05, 0.1) is 5.69 Å². The number of carbonyl (C=O) groups is 1. The summed E-state index contributed by atoms with van der Waals surface area (Å²) in [6.07, 6.45) is 7.76. The van der Waals surface area contributed by atoms with Gasteiger partial charge < -0.3 is 10.0 Å². The van der Waals surface area contributed by atoms with Crippen molar-refractivity contribution < 1.29 is 9.90 Å². The Labute approximate surface area is 113 Å². The van der Waals surface area contributed by atoms with E-state index in [2.05, 4.69) is 10.00 Å². The minimum absolute atomic E-state index is 0.874. The lowest BCUT2D eigenvalue weighted by molar-refractivity contribution is -0.131. The first-order valence-corrected chi connectivity index (χ1v) is 6.79. The van der Waals surface area contributed by atoms with Crippen molar-refractivity contribution in [3.05, 3.63) is 17.3 Å². The lowest BCUT2D eigenvalue weighted by Gasteiger charge is -2.23. The first-order chi connectivity index (χ1) is 9.09. The fourth-order valence-electron chi connectivity index (χ4n) is 2.67. The fourth-order valence-corrected chi connectivity index (χ4v) is 2.67. The molecule has 104 valence electrons. The third kappa shape index (κ3) is 3.16. The van der Waals surface area contributed by atoms with Gasteiger partial charge in [-0.1, -0.05) is 12.8 Å². The number of nitrogens with zero attached hydrogens (tertiary/aromatic N) is 3. The van der Waals surface area contributed by atoms with Crippen molar-refractivity contribution in [1.29, 1.82) is 0 Å². The maximum Gasteiger partial charge on any atom is 0.328 e. The highest BCUT2D eigenvalue weighted by Crippen LogP contribution is 2.26. The molecule has 0 unspecified atom stereocenters. The van der Waals surface area contributed by atoms with E-state index in [1.54, 1.807) is 6.08 Å². The Morgan fingerprint density at radius 1 is 1.26 bits per heavy atom. The van der Waals surface area contributed by atoms with Crippen LogP contribution >= 0.6 is 0 Å². The lowest BCUT2D eigenvalue weighted by Crippen LogP contribution is -2.26. The van der Waals surface area contributed by atoms with Gasteiger partial charge in [0.15, 0.2) is 0 Å². The van der Waals surface area contributed by atoms with Gasteiger partial charge in [-0.05, 0) is 25.8 Å². The van der Waals surface area contributed by atoms with E-state index >= 15 is 0 Å². The molecule has 1 aromatic rings. The molecule has 0 bridgehead atoms. The van der Waals surface area contributed by atoms with Gasteiger partial charge in [0, 0.05) is 31.8 Å². The molecule has 2 rings (SSSR count). The van der Waals surface area contributed by atoms with Gasteiger partial charge in [-0.25, -0.2) is 4.79 Å². The minimum Gasteiger partial charge on any atom is -0.478 e. The minimum atomic E-state index is -0.926. The zero-order valence-electron chi connectivity index (χ0n) is 11.6. The number of aliphatic carboxylic acids is 1. The van der Waals surface area contributed by atoms with Gasteiger partial charge in [0.1, 0.15) is 5.82 Å². The van der Waals surface area contributed by atoms with Crippen molar-refractivity contribution >= 4 is 17.9 Å². The Morgan fingerprint density at radius 2 is 1.89 bits per heavy atom. The first kappa shape index (κ1) is 13.6. The molecule has 0 aromatic carbocycles. The summed E-state index contributed by atoms with van der Waals surface area (Å²) in [5, 5.41) is 13.2. The molecule has 5 heteroatoms. The average Bonchev–Trinajstić information content (AvgIpc) is 2.57. The van der Waals surface area contributed by atoms with Crippen LogP contribution in [-0.4, -0.2) is 33.9 Å². The quantitative estimate of drug-likeness (QED) is 0.849. The van der Waals surface area contributed by atoms with E-state index in [0.717, 1.165) is 30.2 Å². The summed E-state index contributed by atoms with van der Waals surface area (Å²) in [4.78, 5) is 13.0. The Hall–Kier alpha value is -1.78. The van der Waals surface area contributed by atoms with Crippen molar-refractivity contribution in [3.63, 3.8) is 0 Å². The van der Waals surface area contributed by atoms with Crippen LogP contribution in [0.15, 0.2) is 6.08 Å². The normalized spacial score (nSPS) is 16.8. The van der Waals surface area contributed by atoms with Crippen LogP contribution in [0.1, 0.15) is 36.9 Å². The van der Waals surface area contributed by atoms with E-state index in [9.17, 15) is 4.79 Å². The molecule has 0 saturated carbocycles. The van der Waals surface area contributed by atoms with Crippen molar-refractivity contribution in [3.8, 4) is 0 Å². The van der Waals surface area contributed by atoms with Crippen LogP contribution in [0.5, 0.6) is 0 Å². The predicted molar refractivity (Wildman–Crippen MR) is 75.3 cm³/mol. The van der Waals surface area contributed by atoms with E-state index in [-0.39, 0.29) is 0 Å².